The lowest BCUT2D eigenvalue weighted by atomic mass is 9.71. The first-order valence-corrected chi connectivity index (χ1v) is 15.7. The first-order valence-electron chi connectivity index (χ1n) is 15.7. The number of ether oxygens (including phenoxy) is 3. The summed E-state index contributed by atoms with van der Waals surface area (Å²) in [6, 6.07) is 3.69. The van der Waals surface area contributed by atoms with Crippen molar-refractivity contribution in [3.8, 4) is 17.2 Å². The van der Waals surface area contributed by atoms with Gasteiger partial charge in [0.05, 0.1) is 67.2 Å². The number of rotatable bonds is 10. The number of hydrogen-bond donors (Lipinski definition) is 11. The van der Waals surface area contributed by atoms with Crippen LogP contribution < -0.4 is 10.5 Å². The monoisotopic (exact) mass is 737 g/mol. The molecule has 19 nitrogen and oxygen atoms in total. The number of ketones is 2. The van der Waals surface area contributed by atoms with Crippen LogP contribution in [-0.4, -0.2) is 136 Å². The first kappa shape index (κ1) is 40.0. The van der Waals surface area contributed by atoms with Gasteiger partial charge >= 0.3 is 17.9 Å². The van der Waals surface area contributed by atoms with Crippen LogP contribution in [0.3, 0.4) is 0 Å². The fourth-order valence-corrected chi connectivity index (χ4v) is 6.56. The molecule has 5 rings (SSSR count). The van der Waals surface area contributed by atoms with E-state index < -0.39 is 126 Å². The van der Waals surface area contributed by atoms with Gasteiger partial charge in [-0.15, -0.1) is 0 Å². The maximum atomic E-state index is 13.7. The molecule has 12 N–H and O–H groups in total. The molecule has 1 saturated heterocycles. The van der Waals surface area contributed by atoms with Gasteiger partial charge in [0.25, 0.3) is 0 Å². The Labute approximate surface area is 294 Å². The van der Waals surface area contributed by atoms with E-state index in [-0.39, 0.29) is 40.8 Å². The van der Waals surface area contributed by atoms with Gasteiger partial charge in [-0.2, -0.15) is 0 Å². The van der Waals surface area contributed by atoms with Crippen molar-refractivity contribution < 1.29 is 89.2 Å². The normalized spacial score (nSPS) is 25.8. The third kappa shape index (κ3) is 7.43. The van der Waals surface area contributed by atoms with Crippen molar-refractivity contribution in [1.29, 1.82) is 0 Å². The fraction of sp³-hybridized carbons (Fsp3) is 0.485. The quantitative estimate of drug-likeness (QED) is 0.106. The van der Waals surface area contributed by atoms with Crippen LogP contribution in [0.25, 0.3) is 0 Å². The van der Waals surface area contributed by atoms with Gasteiger partial charge in [-0.25, -0.2) is 4.79 Å². The number of aliphatic hydroxyl groups is 5. The van der Waals surface area contributed by atoms with E-state index in [9.17, 15) is 54.6 Å². The molecule has 0 spiro atoms. The molecule has 52 heavy (non-hydrogen) atoms. The minimum Gasteiger partial charge on any atom is -0.507 e. The third-order valence-electron chi connectivity index (χ3n) is 9.25. The number of carboxylic acid groups (broad SMARTS) is 3. The molecule has 1 heterocycles. The highest BCUT2D eigenvalue weighted by Gasteiger charge is 2.50. The molecular formula is C33H39NO18. The molecule has 2 aliphatic carbocycles. The summed E-state index contributed by atoms with van der Waals surface area (Å²) in [6.45, 7) is 0.768. The van der Waals surface area contributed by atoms with Crippen molar-refractivity contribution in [1.82, 2.24) is 0 Å². The molecule has 5 unspecified atom stereocenters. The number of aliphatic carboxylic acids is 3. The number of carbonyl (C=O) groups is 5. The Bertz CT molecular complexity index is 1750. The van der Waals surface area contributed by atoms with Crippen LogP contribution in [-0.2, 0) is 30.3 Å². The van der Waals surface area contributed by atoms with Gasteiger partial charge in [0.15, 0.2) is 17.7 Å². The second-order valence-electron chi connectivity index (χ2n) is 12.8. The van der Waals surface area contributed by atoms with Gasteiger partial charge < -0.3 is 71.0 Å². The van der Waals surface area contributed by atoms with Crippen LogP contribution in [0.5, 0.6) is 17.2 Å². The molecule has 0 aromatic heterocycles. The molecular weight excluding hydrogens is 698 g/mol. The van der Waals surface area contributed by atoms with Crippen LogP contribution in [0.4, 0.5) is 0 Å². The van der Waals surface area contributed by atoms with E-state index in [1.807, 2.05) is 0 Å². The summed E-state index contributed by atoms with van der Waals surface area (Å²) >= 11 is 0. The number of phenols is 2. The number of carbonyl (C=O) groups excluding carboxylic acids is 2. The zero-order valence-corrected chi connectivity index (χ0v) is 27.8. The minimum atomic E-state index is -2.74. The number of phenolic OH excluding ortho intramolecular Hbond substituents is 2. The Morgan fingerprint density at radius 2 is 1.63 bits per heavy atom. The predicted molar refractivity (Wildman–Crippen MR) is 170 cm³/mol. The summed E-state index contributed by atoms with van der Waals surface area (Å²) in [5.74, 6) is -7.70. The highest BCUT2D eigenvalue weighted by Crippen LogP contribution is 2.53. The number of benzene rings is 2. The second-order valence-corrected chi connectivity index (χ2v) is 12.8. The average molecular weight is 738 g/mol. The van der Waals surface area contributed by atoms with E-state index >= 15 is 0 Å². The second kappa shape index (κ2) is 15.1. The van der Waals surface area contributed by atoms with E-state index in [2.05, 4.69) is 0 Å². The number of nitrogens with two attached hydrogens (primary N) is 1. The largest absolute Gasteiger partial charge is 0.507 e. The highest BCUT2D eigenvalue weighted by molar-refractivity contribution is 6.31. The lowest BCUT2D eigenvalue weighted by Gasteiger charge is -2.44. The molecule has 0 radical (unpaired) electrons. The van der Waals surface area contributed by atoms with Crippen molar-refractivity contribution in [2.45, 2.75) is 87.0 Å². The summed E-state index contributed by atoms with van der Waals surface area (Å²) in [6.07, 6.45) is -8.74. The molecule has 284 valence electrons. The van der Waals surface area contributed by atoms with E-state index in [0.717, 1.165) is 0 Å². The molecule has 1 aliphatic heterocycles. The van der Waals surface area contributed by atoms with Crippen molar-refractivity contribution in [3.63, 3.8) is 0 Å². The Balaban J connectivity index is 0.000000398. The standard InChI is InChI=1S/C27H31NO11.C6H8O7/c1-10-22(31)13(28)6-17(38-10)39-15-8-27(36,16(30)9-29)7-12-19(15)26(35)21-20(24(12)33)23(32)11-4-3-5-14(37-2)18(11)25(21)34;7-3(8)1-6(13,5(11)12)2-4(9)10/h3-5,10,13,15-17,22,29-31,33,35-36H,6-9,28H2,1-2H3;13H,1-2H2,(H,7,8)(H,9,10)(H,11,12)/t10?,13?,15-,16?,17?,22?,27-;/m1./s1. The number of fused-ring (bicyclic) bond motifs is 3. The lowest BCUT2D eigenvalue weighted by Crippen LogP contribution is -2.53. The van der Waals surface area contributed by atoms with Gasteiger partial charge in [0.2, 0.25) is 5.78 Å². The van der Waals surface area contributed by atoms with Crippen LogP contribution in [0, 0.1) is 0 Å². The molecule has 0 saturated carbocycles. The summed E-state index contributed by atoms with van der Waals surface area (Å²) in [4.78, 5) is 57.7. The average Bonchev–Trinajstić information content (AvgIpc) is 3.06. The summed E-state index contributed by atoms with van der Waals surface area (Å²) in [7, 11) is 1.33. The van der Waals surface area contributed by atoms with Crippen molar-refractivity contribution in [2.75, 3.05) is 13.7 Å². The van der Waals surface area contributed by atoms with E-state index in [1.165, 1.54) is 25.3 Å². The summed E-state index contributed by atoms with van der Waals surface area (Å²) < 4.78 is 17.1. The van der Waals surface area contributed by atoms with Crippen molar-refractivity contribution in [2.24, 2.45) is 5.73 Å². The Morgan fingerprint density at radius 1 is 1.04 bits per heavy atom. The van der Waals surface area contributed by atoms with Crippen molar-refractivity contribution in [3.05, 3.63) is 51.6 Å². The van der Waals surface area contributed by atoms with Gasteiger partial charge in [-0.1, -0.05) is 12.1 Å². The molecule has 2 aromatic rings. The van der Waals surface area contributed by atoms with Crippen LogP contribution in [0.1, 0.15) is 81.7 Å². The zero-order valence-electron chi connectivity index (χ0n) is 27.8. The number of methoxy groups -OCH3 is 1. The van der Waals surface area contributed by atoms with E-state index in [4.69, 9.17) is 40.4 Å². The highest BCUT2D eigenvalue weighted by atomic mass is 16.7. The number of aliphatic hydroxyl groups excluding tert-OH is 3. The molecule has 3 aliphatic rings. The Kier molecular flexibility index (Phi) is 11.6. The Hall–Kier alpha value is -4.73. The molecule has 7 atom stereocenters. The van der Waals surface area contributed by atoms with E-state index in [0.29, 0.717) is 0 Å². The number of aromatic hydroxyl groups is 2. The van der Waals surface area contributed by atoms with Crippen LogP contribution in [0.15, 0.2) is 18.2 Å². The molecule has 0 amide bonds. The predicted octanol–water partition coefficient (Wildman–Crippen LogP) is -1.46. The SMILES string of the molecule is COc1cccc2c1C(=O)c1c(O)c3c(c(O)c1C2=O)C[C@](O)(C(O)CO)C[C@H]3OC1CC(N)C(O)C(C)O1.O=C(O)CC(O)(CC(=O)O)C(=O)O. The lowest BCUT2D eigenvalue weighted by molar-refractivity contribution is -0.251. The van der Waals surface area contributed by atoms with Gasteiger partial charge in [0, 0.05) is 42.0 Å². The molecule has 19 heteroatoms. The number of carboxylic acids is 3. The number of hydrogen-bond acceptors (Lipinski definition) is 16. The smallest absolute Gasteiger partial charge is 0.336 e. The van der Waals surface area contributed by atoms with Crippen LogP contribution in [0.2, 0.25) is 0 Å². The topological polar surface area (TPSA) is 341 Å². The van der Waals surface area contributed by atoms with Gasteiger partial charge in [-0.3, -0.25) is 19.2 Å². The maximum Gasteiger partial charge on any atom is 0.336 e. The molecule has 0 bridgehead atoms. The zero-order chi connectivity index (χ0) is 39.0. The fourth-order valence-electron chi connectivity index (χ4n) is 6.56. The first-order chi connectivity index (χ1) is 24.2. The van der Waals surface area contributed by atoms with E-state index in [1.54, 1.807) is 6.92 Å². The maximum absolute atomic E-state index is 13.7. The minimum absolute atomic E-state index is 0.0343. The van der Waals surface area contributed by atoms with Crippen molar-refractivity contribution >= 4 is 29.5 Å². The third-order valence-corrected chi connectivity index (χ3v) is 9.25. The molecule has 1 fully saturated rings. The Morgan fingerprint density at radius 3 is 2.15 bits per heavy atom. The van der Waals surface area contributed by atoms with Gasteiger partial charge in [0.1, 0.15) is 23.4 Å². The summed E-state index contributed by atoms with van der Waals surface area (Å²) in [5.41, 5.74) is 0.0296. The van der Waals surface area contributed by atoms with Gasteiger partial charge in [-0.05, 0) is 13.0 Å². The molecule has 2 aromatic carbocycles. The summed E-state index contributed by atoms with van der Waals surface area (Å²) in [5, 5.41) is 98.2. The van der Waals surface area contributed by atoms with Crippen LogP contribution >= 0.6 is 0 Å².